The van der Waals surface area contributed by atoms with Gasteiger partial charge in [-0.3, -0.25) is 4.79 Å². The van der Waals surface area contributed by atoms with Crippen molar-refractivity contribution in [3.05, 3.63) is 29.8 Å². The van der Waals surface area contributed by atoms with E-state index in [0.717, 1.165) is 17.9 Å². The van der Waals surface area contributed by atoms with Gasteiger partial charge in [0.15, 0.2) is 0 Å². The number of hydrogen-bond acceptors (Lipinski definition) is 3. The molecule has 1 rings (SSSR count). The normalized spacial score (nSPS) is 11.0. The number of nitrogens with zero attached hydrogens (tertiary/aromatic N) is 1. The lowest BCUT2D eigenvalue weighted by Crippen LogP contribution is -2.30. The highest BCUT2D eigenvalue weighted by Crippen LogP contribution is 2.14. The topological polar surface area (TPSA) is 29.5 Å². The molecule has 0 spiro atoms. The number of ether oxygens (including phenoxy) is 1. The summed E-state index contributed by atoms with van der Waals surface area (Å²) in [5, 5.41) is 0. The first-order chi connectivity index (χ1) is 8.49. The van der Waals surface area contributed by atoms with Gasteiger partial charge < -0.3 is 9.64 Å². The average Bonchev–Trinajstić information content (AvgIpc) is 2.28. The standard InChI is InChI=1S/C15H23NO2/c1-12(2)16(4)8-9-18-15-7-5-6-14(11-15)10-13(3)17/h5-7,11-12H,8-10H2,1-4H3. The van der Waals surface area contributed by atoms with E-state index < -0.39 is 0 Å². The number of carbonyl (C=O) groups is 1. The van der Waals surface area contributed by atoms with Crippen LogP contribution in [0.3, 0.4) is 0 Å². The first kappa shape index (κ1) is 14.7. The van der Waals surface area contributed by atoms with E-state index in [9.17, 15) is 4.79 Å². The lowest BCUT2D eigenvalue weighted by molar-refractivity contribution is -0.116. The number of Topliss-reactive ketones (excluding diaryl/α,β-unsaturated/α-hetero) is 1. The fraction of sp³-hybridized carbons (Fsp3) is 0.533. The van der Waals surface area contributed by atoms with Gasteiger partial charge in [-0.15, -0.1) is 0 Å². The van der Waals surface area contributed by atoms with Crippen molar-refractivity contribution in [3.63, 3.8) is 0 Å². The molecule has 0 bridgehead atoms. The molecule has 1 aromatic rings. The maximum atomic E-state index is 11.1. The van der Waals surface area contributed by atoms with Crippen LogP contribution in [-0.4, -0.2) is 36.9 Å². The molecule has 0 N–H and O–H groups in total. The molecule has 0 aliphatic rings. The largest absolute Gasteiger partial charge is 0.492 e. The smallest absolute Gasteiger partial charge is 0.134 e. The first-order valence-corrected chi connectivity index (χ1v) is 6.40. The SMILES string of the molecule is CC(=O)Cc1cccc(OCCN(C)C(C)C)c1. The highest BCUT2D eigenvalue weighted by Gasteiger charge is 2.04. The summed E-state index contributed by atoms with van der Waals surface area (Å²) in [5.41, 5.74) is 1.01. The molecule has 0 heterocycles. The molecule has 1 aromatic carbocycles. The van der Waals surface area contributed by atoms with E-state index >= 15 is 0 Å². The molecule has 0 atom stereocenters. The van der Waals surface area contributed by atoms with Gasteiger partial charge in [0.25, 0.3) is 0 Å². The molecule has 0 aliphatic carbocycles. The Morgan fingerprint density at radius 1 is 1.39 bits per heavy atom. The first-order valence-electron chi connectivity index (χ1n) is 6.40. The summed E-state index contributed by atoms with van der Waals surface area (Å²) in [6, 6.07) is 8.28. The third-order valence-electron chi connectivity index (χ3n) is 2.95. The predicted octanol–water partition coefficient (Wildman–Crippen LogP) is 2.54. The summed E-state index contributed by atoms with van der Waals surface area (Å²) in [5.74, 6) is 1.01. The maximum Gasteiger partial charge on any atom is 0.134 e. The molecule has 0 unspecified atom stereocenters. The van der Waals surface area contributed by atoms with Crippen LogP contribution < -0.4 is 4.74 Å². The Labute approximate surface area is 110 Å². The molecule has 0 radical (unpaired) electrons. The molecule has 3 nitrogen and oxygen atoms in total. The molecule has 3 heteroatoms. The lowest BCUT2D eigenvalue weighted by Gasteiger charge is -2.20. The molecular weight excluding hydrogens is 226 g/mol. The molecule has 0 amide bonds. The fourth-order valence-electron chi connectivity index (χ4n) is 1.60. The van der Waals surface area contributed by atoms with Crippen LogP contribution >= 0.6 is 0 Å². The van der Waals surface area contributed by atoms with Gasteiger partial charge in [-0.05, 0) is 45.5 Å². The summed E-state index contributed by atoms with van der Waals surface area (Å²) in [7, 11) is 2.08. The number of hydrogen-bond donors (Lipinski definition) is 0. The maximum absolute atomic E-state index is 11.1. The monoisotopic (exact) mass is 249 g/mol. The van der Waals surface area contributed by atoms with Gasteiger partial charge in [0.2, 0.25) is 0 Å². The van der Waals surface area contributed by atoms with Crippen molar-refractivity contribution in [1.29, 1.82) is 0 Å². The Hall–Kier alpha value is -1.35. The number of likely N-dealkylation sites (N-methyl/N-ethyl adjacent to an activating group) is 1. The van der Waals surface area contributed by atoms with Crippen molar-refractivity contribution in [2.75, 3.05) is 20.2 Å². The fourth-order valence-corrected chi connectivity index (χ4v) is 1.60. The number of benzene rings is 1. The van der Waals surface area contributed by atoms with E-state index in [0.29, 0.717) is 19.1 Å². The molecule has 0 saturated carbocycles. The Bertz CT molecular complexity index is 388. The van der Waals surface area contributed by atoms with Crippen LogP contribution in [-0.2, 0) is 11.2 Å². The van der Waals surface area contributed by atoms with Crippen LogP contribution in [0.5, 0.6) is 5.75 Å². The van der Waals surface area contributed by atoms with Crippen LogP contribution in [0.2, 0.25) is 0 Å². The number of ketones is 1. The van der Waals surface area contributed by atoms with E-state index in [1.54, 1.807) is 6.92 Å². The van der Waals surface area contributed by atoms with Crippen molar-refractivity contribution < 1.29 is 9.53 Å². The zero-order valence-corrected chi connectivity index (χ0v) is 11.8. The minimum atomic E-state index is 0.173. The van der Waals surface area contributed by atoms with Crippen LogP contribution in [0.25, 0.3) is 0 Å². The quantitative estimate of drug-likeness (QED) is 0.743. The number of carbonyl (C=O) groups excluding carboxylic acids is 1. The van der Waals surface area contributed by atoms with E-state index in [1.165, 1.54) is 0 Å². The highest BCUT2D eigenvalue weighted by molar-refractivity contribution is 5.78. The summed E-state index contributed by atoms with van der Waals surface area (Å²) in [6.07, 6.45) is 0.475. The summed E-state index contributed by atoms with van der Waals surface area (Å²) >= 11 is 0. The summed E-state index contributed by atoms with van der Waals surface area (Å²) in [4.78, 5) is 13.3. The lowest BCUT2D eigenvalue weighted by atomic mass is 10.1. The molecule has 100 valence electrons. The van der Waals surface area contributed by atoms with Crippen molar-refractivity contribution in [2.45, 2.75) is 33.2 Å². The second-order valence-corrected chi connectivity index (χ2v) is 4.95. The van der Waals surface area contributed by atoms with Crippen molar-refractivity contribution in [1.82, 2.24) is 4.90 Å². The van der Waals surface area contributed by atoms with Gasteiger partial charge in [0.1, 0.15) is 18.1 Å². The highest BCUT2D eigenvalue weighted by atomic mass is 16.5. The molecule has 0 aliphatic heterocycles. The zero-order valence-electron chi connectivity index (χ0n) is 11.8. The van der Waals surface area contributed by atoms with Crippen LogP contribution in [0.4, 0.5) is 0 Å². The average molecular weight is 249 g/mol. The minimum absolute atomic E-state index is 0.173. The van der Waals surface area contributed by atoms with Crippen LogP contribution in [0.15, 0.2) is 24.3 Å². The third kappa shape index (κ3) is 5.32. The van der Waals surface area contributed by atoms with Crippen molar-refractivity contribution in [2.24, 2.45) is 0 Å². The minimum Gasteiger partial charge on any atom is -0.492 e. The Balaban J connectivity index is 2.45. The van der Waals surface area contributed by atoms with Crippen molar-refractivity contribution >= 4 is 5.78 Å². The van der Waals surface area contributed by atoms with E-state index in [-0.39, 0.29) is 5.78 Å². The molecule has 0 fully saturated rings. The van der Waals surface area contributed by atoms with Crippen molar-refractivity contribution in [3.8, 4) is 5.75 Å². The Morgan fingerprint density at radius 2 is 2.11 bits per heavy atom. The van der Waals surface area contributed by atoms with Gasteiger partial charge in [0.05, 0.1) is 0 Å². The van der Waals surface area contributed by atoms with Crippen LogP contribution in [0, 0.1) is 0 Å². The Kier molecular flexibility index (Phi) is 5.86. The second kappa shape index (κ2) is 7.17. The van der Waals surface area contributed by atoms with E-state index in [2.05, 4.69) is 25.8 Å². The van der Waals surface area contributed by atoms with Gasteiger partial charge >= 0.3 is 0 Å². The van der Waals surface area contributed by atoms with Crippen LogP contribution in [0.1, 0.15) is 26.3 Å². The van der Waals surface area contributed by atoms with E-state index in [4.69, 9.17) is 4.74 Å². The zero-order chi connectivity index (χ0) is 13.5. The summed E-state index contributed by atoms with van der Waals surface area (Å²) in [6.45, 7) is 7.49. The summed E-state index contributed by atoms with van der Waals surface area (Å²) < 4.78 is 5.70. The third-order valence-corrected chi connectivity index (χ3v) is 2.95. The Morgan fingerprint density at radius 3 is 2.72 bits per heavy atom. The molecular formula is C15H23NO2. The van der Waals surface area contributed by atoms with Gasteiger partial charge in [-0.2, -0.15) is 0 Å². The van der Waals surface area contributed by atoms with Gasteiger partial charge in [0, 0.05) is 19.0 Å². The molecule has 18 heavy (non-hydrogen) atoms. The molecule has 0 saturated heterocycles. The predicted molar refractivity (Wildman–Crippen MR) is 74.1 cm³/mol. The molecule has 0 aromatic heterocycles. The van der Waals surface area contributed by atoms with Gasteiger partial charge in [-0.1, -0.05) is 12.1 Å². The second-order valence-electron chi connectivity index (χ2n) is 4.95. The number of rotatable bonds is 7. The van der Waals surface area contributed by atoms with E-state index in [1.807, 2.05) is 24.3 Å². The van der Waals surface area contributed by atoms with Gasteiger partial charge in [-0.25, -0.2) is 0 Å².